The van der Waals surface area contributed by atoms with Crippen molar-refractivity contribution in [3.63, 3.8) is 0 Å². The van der Waals surface area contributed by atoms with Gasteiger partial charge in [-0.1, -0.05) is 30.3 Å². The van der Waals surface area contributed by atoms with Crippen molar-refractivity contribution in [3.05, 3.63) is 78.0 Å². The van der Waals surface area contributed by atoms with E-state index in [1.807, 2.05) is 48.7 Å². The maximum Gasteiger partial charge on any atom is 0.253 e. The van der Waals surface area contributed by atoms with Crippen molar-refractivity contribution in [2.45, 2.75) is 25.9 Å². The summed E-state index contributed by atoms with van der Waals surface area (Å²) in [5.41, 5.74) is 6.91. The minimum Gasteiger partial charge on any atom is -0.391 e. The summed E-state index contributed by atoms with van der Waals surface area (Å²) in [4.78, 5) is 29.0. The van der Waals surface area contributed by atoms with Crippen molar-refractivity contribution < 1.29 is 9.90 Å². The van der Waals surface area contributed by atoms with Crippen LogP contribution in [0.5, 0.6) is 0 Å². The van der Waals surface area contributed by atoms with Gasteiger partial charge in [0.1, 0.15) is 0 Å². The number of hydrogen-bond donors (Lipinski definition) is 2. The van der Waals surface area contributed by atoms with Crippen LogP contribution >= 0.6 is 0 Å². The minimum atomic E-state index is -0.436. The first-order chi connectivity index (χ1) is 19.4. The summed E-state index contributed by atoms with van der Waals surface area (Å²) in [6, 6.07) is 20.2. The lowest BCUT2D eigenvalue weighted by Crippen LogP contribution is -2.44. The number of aromatic nitrogens is 2. The molecule has 1 atom stereocenters. The van der Waals surface area contributed by atoms with Crippen LogP contribution in [0.25, 0.3) is 22.0 Å². The Morgan fingerprint density at radius 3 is 2.55 bits per heavy atom. The highest BCUT2D eigenvalue weighted by atomic mass is 16.3. The molecule has 6 rings (SSSR count). The minimum absolute atomic E-state index is 0.0361. The maximum absolute atomic E-state index is 13.0. The molecule has 2 fully saturated rings. The third kappa shape index (κ3) is 5.50. The molecule has 2 aliphatic rings. The predicted molar refractivity (Wildman–Crippen MR) is 160 cm³/mol. The largest absolute Gasteiger partial charge is 0.391 e. The van der Waals surface area contributed by atoms with E-state index in [9.17, 15) is 9.90 Å². The fourth-order valence-corrected chi connectivity index (χ4v) is 5.73. The molecule has 0 saturated carbocycles. The number of carbonyl (C=O) groups excluding carboxylic acids is 1. The van der Waals surface area contributed by atoms with Gasteiger partial charge in [0.15, 0.2) is 0 Å². The van der Waals surface area contributed by atoms with Crippen LogP contribution in [0.2, 0.25) is 0 Å². The van der Waals surface area contributed by atoms with Gasteiger partial charge in [-0.2, -0.15) is 0 Å². The van der Waals surface area contributed by atoms with E-state index in [-0.39, 0.29) is 5.91 Å². The fourth-order valence-electron chi connectivity index (χ4n) is 5.73. The van der Waals surface area contributed by atoms with E-state index >= 15 is 0 Å². The molecule has 4 aromatic rings. The van der Waals surface area contributed by atoms with Gasteiger partial charge in [0.2, 0.25) is 5.95 Å². The summed E-state index contributed by atoms with van der Waals surface area (Å²) in [7, 11) is 2.17. The molecule has 1 aromatic heterocycles. The summed E-state index contributed by atoms with van der Waals surface area (Å²) in [5.74, 6) is 0.508. The van der Waals surface area contributed by atoms with Crippen LogP contribution in [-0.2, 0) is 0 Å². The number of aliphatic hydroxyl groups is 1. The van der Waals surface area contributed by atoms with Crippen LogP contribution in [0.3, 0.4) is 0 Å². The molecule has 8 nitrogen and oxygen atoms in total. The average Bonchev–Trinajstić information content (AvgIpc) is 2.97. The second-order valence-electron chi connectivity index (χ2n) is 11.0. The van der Waals surface area contributed by atoms with Crippen molar-refractivity contribution in [2.24, 2.45) is 0 Å². The van der Waals surface area contributed by atoms with Crippen molar-refractivity contribution >= 4 is 34.1 Å². The molecular formula is C32H36N6O2. The molecule has 3 aromatic carbocycles. The lowest BCUT2D eigenvalue weighted by molar-refractivity contribution is 0.0474. The van der Waals surface area contributed by atoms with Crippen LogP contribution < -0.4 is 10.2 Å². The molecule has 1 unspecified atom stereocenters. The first-order valence-corrected chi connectivity index (χ1v) is 14.1. The topological polar surface area (TPSA) is 84.8 Å². The number of hydrogen-bond acceptors (Lipinski definition) is 7. The molecule has 0 aliphatic carbocycles. The standard InChI is InChI=1S/C32H36N6O2/c1-22-19-26(12-13-29(22)37-17-15-36(2)16-18-37)34-32-33-20-25-5-3-7-28(30(25)35-32)23-8-10-24(11-9-23)31(40)38-14-4-6-27(39)21-38/h3,5,7-13,19-20,27,39H,4,6,14-18,21H2,1-2H3,(H,33,34,35). The molecule has 40 heavy (non-hydrogen) atoms. The summed E-state index contributed by atoms with van der Waals surface area (Å²) in [5, 5.41) is 14.3. The fraction of sp³-hybridized carbons (Fsp3) is 0.344. The average molecular weight is 537 g/mol. The maximum atomic E-state index is 13.0. The number of para-hydroxylation sites is 1. The van der Waals surface area contributed by atoms with Crippen LogP contribution in [0.4, 0.5) is 17.3 Å². The Hall–Kier alpha value is -4.01. The van der Waals surface area contributed by atoms with Crippen molar-refractivity contribution in [1.82, 2.24) is 19.8 Å². The van der Waals surface area contributed by atoms with E-state index in [0.29, 0.717) is 24.6 Å². The van der Waals surface area contributed by atoms with Gasteiger partial charge in [-0.3, -0.25) is 4.79 Å². The van der Waals surface area contributed by atoms with Crippen molar-refractivity contribution in [2.75, 3.05) is 56.5 Å². The Labute approximate surface area is 235 Å². The van der Waals surface area contributed by atoms with Crippen LogP contribution in [0.15, 0.2) is 66.9 Å². The lowest BCUT2D eigenvalue weighted by Gasteiger charge is -2.35. The number of aryl methyl sites for hydroxylation is 1. The highest BCUT2D eigenvalue weighted by molar-refractivity contribution is 5.97. The van der Waals surface area contributed by atoms with Crippen LogP contribution in [0.1, 0.15) is 28.8 Å². The number of anilines is 3. The number of nitrogens with zero attached hydrogens (tertiary/aromatic N) is 5. The van der Waals surface area contributed by atoms with Gasteiger partial charge in [-0.25, -0.2) is 9.97 Å². The number of piperidine rings is 1. The number of piperazine rings is 1. The van der Waals surface area contributed by atoms with E-state index in [2.05, 4.69) is 52.3 Å². The van der Waals surface area contributed by atoms with Gasteiger partial charge in [-0.15, -0.1) is 0 Å². The zero-order valence-corrected chi connectivity index (χ0v) is 23.2. The number of rotatable bonds is 5. The number of fused-ring (bicyclic) bond motifs is 1. The Balaban J connectivity index is 1.22. The smallest absolute Gasteiger partial charge is 0.253 e. The molecule has 3 heterocycles. The lowest BCUT2D eigenvalue weighted by atomic mass is 10.0. The SMILES string of the molecule is Cc1cc(Nc2ncc3cccc(-c4ccc(C(=O)N5CCCC(O)C5)cc4)c3n2)ccc1N1CCN(C)CC1. The Morgan fingerprint density at radius 1 is 1.00 bits per heavy atom. The first kappa shape index (κ1) is 26.2. The normalized spacial score (nSPS) is 18.2. The summed E-state index contributed by atoms with van der Waals surface area (Å²) in [6.07, 6.45) is 2.99. The Morgan fingerprint density at radius 2 is 1.80 bits per heavy atom. The van der Waals surface area contributed by atoms with E-state index in [4.69, 9.17) is 4.98 Å². The number of likely N-dealkylation sites (N-methyl/N-ethyl adjacent to an activating group) is 1. The third-order valence-electron chi connectivity index (χ3n) is 8.03. The number of carbonyl (C=O) groups is 1. The molecule has 2 aliphatic heterocycles. The number of β-amino-alcohol motifs (C(OH)–C–C–N with tert-alkyl or cyclic N) is 1. The second kappa shape index (κ2) is 11.2. The zero-order chi connectivity index (χ0) is 27.6. The van der Waals surface area contributed by atoms with E-state index < -0.39 is 6.10 Å². The highest BCUT2D eigenvalue weighted by Crippen LogP contribution is 2.30. The molecule has 2 N–H and O–H groups in total. The van der Waals surface area contributed by atoms with Gasteiger partial charge in [-0.05, 0) is 68.3 Å². The van der Waals surface area contributed by atoms with Gasteiger partial charge < -0.3 is 25.1 Å². The predicted octanol–water partition coefficient (Wildman–Crippen LogP) is 4.70. The van der Waals surface area contributed by atoms with Crippen LogP contribution in [-0.4, -0.2) is 83.2 Å². The molecule has 8 heteroatoms. The summed E-state index contributed by atoms with van der Waals surface area (Å²) >= 11 is 0. The number of nitrogens with one attached hydrogen (secondary N) is 1. The van der Waals surface area contributed by atoms with Gasteiger partial charge >= 0.3 is 0 Å². The van der Waals surface area contributed by atoms with Gasteiger partial charge in [0, 0.05) is 73.4 Å². The van der Waals surface area contributed by atoms with Crippen molar-refractivity contribution in [3.8, 4) is 11.1 Å². The third-order valence-corrected chi connectivity index (χ3v) is 8.03. The molecule has 0 bridgehead atoms. The first-order valence-electron chi connectivity index (χ1n) is 14.1. The monoisotopic (exact) mass is 536 g/mol. The van der Waals surface area contributed by atoms with E-state index in [1.54, 1.807) is 4.90 Å². The number of benzene rings is 3. The molecule has 1 amide bonds. The highest BCUT2D eigenvalue weighted by Gasteiger charge is 2.23. The Bertz CT molecular complexity index is 1510. The summed E-state index contributed by atoms with van der Waals surface area (Å²) < 4.78 is 0. The zero-order valence-electron chi connectivity index (χ0n) is 23.2. The number of aliphatic hydroxyl groups excluding tert-OH is 1. The molecular weight excluding hydrogens is 500 g/mol. The molecule has 206 valence electrons. The van der Waals surface area contributed by atoms with E-state index in [0.717, 1.165) is 66.7 Å². The molecule has 2 saturated heterocycles. The number of likely N-dealkylation sites (tertiary alicyclic amines) is 1. The van der Waals surface area contributed by atoms with Crippen LogP contribution in [0, 0.1) is 6.92 Å². The Kier molecular flexibility index (Phi) is 7.36. The molecule has 0 radical (unpaired) electrons. The van der Waals surface area contributed by atoms with E-state index in [1.165, 1.54) is 11.3 Å². The summed E-state index contributed by atoms with van der Waals surface area (Å²) in [6.45, 7) is 7.47. The molecule has 0 spiro atoms. The number of amides is 1. The van der Waals surface area contributed by atoms with Gasteiger partial charge in [0.05, 0.1) is 11.6 Å². The second-order valence-corrected chi connectivity index (χ2v) is 11.0. The quantitative estimate of drug-likeness (QED) is 0.383. The van der Waals surface area contributed by atoms with Crippen molar-refractivity contribution in [1.29, 1.82) is 0 Å². The van der Waals surface area contributed by atoms with Gasteiger partial charge in [0.25, 0.3) is 5.91 Å².